The summed E-state index contributed by atoms with van der Waals surface area (Å²) in [6, 6.07) is 22.9. The molecule has 4 aromatic rings. The summed E-state index contributed by atoms with van der Waals surface area (Å²) in [5.41, 5.74) is 7.80. The predicted molar refractivity (Wildman–Crippen MR) is 154 cm³/mol. The normalized spacial score (nSPS) is 11.6. The quantitative estimate of drug-likeness (QED) is 0.205. The van der Waals surface area contributed by atoms with Crippen LogP contribution in [0.4, 0.5) is 5.69 Å². The van der Waals surface area contributed by atoms with E-state index >= 15 is 0 Å². The number of aryl methyl sites for hydroxylation is 1. The van der Waals surface area contributed by atoms with E-state index < -0.39 is 10.0 Å². The molecule has 0 saturated carbocycles. The predicted octanol–water partition coefficient (Wildman–Crippen LogP) is 6.13. The zero-order chi connectivity index (χ0) is 27.4. The van der Waals surface area contributed by atoms with E-state index in [4.69, 9.17) is 23.2 Å². The number of nitrogens with zero attached hydrogens (tertiary/aromatic N) is 3. The van der Waals surface area contributed by atoms with E-state index in [1.54, 1.807) is 60.8 Å². The number of hydrazone groups is 1. The number of aromatic nitrogens is 1. The minimum absolute atomic E-state index is 0.149. The molecule has 0 saturated heterocycles. The van der Waals surface area contributed by atoms with Crippen LogP contribution in [0, 0.1) is 13.8 Å². The summed E-state index contributed by atoms with van der Waals surface area (Å²) in [6.45, 7) is 4.05. The maximum atomic E-state index is 12.6. The van der Waals surface area contributed by atoms with E-state index in [9.17, 15) is 13.2 Å². The van der Waals surface area contributed by atoms with E-state index in [0.717, 1.165) is 28.2 Å². The van der Waals surface area contributed by atoms with E-state index in [-0.39, 0.29) is 12.5 Å². The monoisotopic (exact) mass is 568 g/mol. The Kier molecular flexibility index (Phi) is 8.26. The van der Waals surface area contributed by atoms with Crippen molar-refractivity contribution in [1.29, 1.82) is 0 Å². The molecule has 1 heterocycles. The average molecular weight is 570 g/mol. The molecule has 0 aliphatic heterocycles. The largest absolute Gasteiger partial charge is 0.318 e. The van der Waals surface area contributed by atoms with Crippen molar-refractivity contribution in [2.75, 3.05) is 10.6 Å². The molecule has 196 valence electrons. The van der Waals surface area contributed by atoms with E-state index in [2.05, 4.69) is 10.5 Å². The molecule has 0 unspecified atom stereocenters. The van der Waals surface area contributed by atoms with Crippen LogP contribution < -0.4 is 9.73 Å². The number of rotatable bonds is 8. The second-order valence-corrected chi connectivity index (χ2v) is 11.6. The zero-order valence-electron chi connectivity index (χ0n) is 21.0. The average Bonchev–Trinajstić information content (AvgIpc) is 3.14. The fourth-order valence-electron chi connectivity index (χ4n) is 4.13. The van der Waals surface area contributed by atoms with E-state index in [1.807, 2.05) is 42.7 Å². The van der Waals surface area contributed by atoms with Gasteiger partial charge in [0.25, 0.3) is 5.91 Å². The van der Waals surface area contributed by atoms with Gasteiger partial charge in [-0.05, 0) is 67.9 Å². The van der Waals surface area contributed by atoms with Gasteiger partial charge >= 0.3 is 0 Å². The smallest absolute Gasteiger partial charge is 0.271 e. The van der Waals surface area contributed by atoms with Crippen molar-refractivity contribution in [3.63, 3.8) is 0 Å². The van der Waals surface area contributed by atoms with Crippen LogP contribution in [-0.4, -0.2) is 31.4 Å². The molecule has 0 atom stereocenters. The zero-order valence-corrected chi connectivity index (χ0v) is 23.3. The maximum absolute atomic E-state index is 12.6. The van der Waals surface area contributed by atoms with Crippen LogP contribution in [0.1, 0.15) is 32.9 Å². The third-order valence-corrected chi connectivity index (χ3v) is 7.51. The lowest BCUT2D eigenvalue weighted by Gasteiger charge is -2.22. The molecule has 3 aromatic carbocycles. The number of amides is 1. The lowest BCUT2D eigenvalue weighted by Crippen LogP contribution is -2.29. The summed E-state index contributed by atoms with van der Waals surface area (Å²) < 4.78 is 28.0. The van der Waals surface area contributed by atoms with E-state index in [0.29, 0.717) is 21.3 Å². The maximum Gasteiger partial charge on any atom is 0.271 e. The summed E-state index contributed by atoms with van der Waals surface area (Å²) in [6.07, 6.45) is 2.75. The van der Waals surface area contributed by atoms with Gasteiger partial charge in [0.15, 0.2) is 0 Å². The van der Waals surface area contributed by atoms with Gasteiger partial charge in [0.2, 0.25) is 10.0 Å². The second-order valence-electron chi connectivity index (χ2n) is 8.79. The summed E-state index contributed by atoms with van der Waals surface area (Å²) in [5, 5.41) is 5.21. The first kappa shape index (κ1) is 27.4. The van der Waals surface area contributed by atoms with Crippen LogP contribution in [-0.2, 0) is 16.6 Å². The van der Waals surface area contributed by atoms with E-state index in [1.165, 1.54) is 10.6 Å². The first-order valence-corrected chi connectivity index (χ1v) is 14.2. The van der Waals surface area contributed by atoms with Gasteiger partial charge in [-0.1, -0.05) is 53.5 Å². The molecule has 0 fully saturated rings. The number of hydrogen-bond acceptors (Lipinski definition) is 4. The number of sulfonamides is 1. The van der Waals surface area contributed by atoms with Crippen LogP contribution in [0.25, 0.3) is 5.69 Å². The van der Waals surface area contributed by atoms with Crippen LogP contribution in [0.2, 0.25) is 10.0 Å². The van der Waals surface area contributed by atoms with Gasteiger partial charge in [0.05, 0.1) is 24.7 Å². The number of para-hydroxylation sites is 1. The van der Waals surface area contributed by atoms with Crippen molar-refractivity contribution in [2.45, 2.75) is 20.4 Å². The standard InChI is InChI=1S/C28H26Cl2N4O3S/c1-19-13-23(20(2)34(19)27-15-24(29)14-25(30)16-27)17-31-32-28(35)22-11-9-21(10-12-22)18-33(38(3,36)37)26-7-5-4-6-8-26/h4-17H,18H2,1-3H3,(H,32,35)/b31-17+. The molecule has 1 N–H and O–H groups in total. The Labute approximate surface area is 232 Å². The third-order valence-electron chi connectivity index (χ3n) is 5.93. The van der Waals surface area contributed by atoms with Gasteiger partial charge in [0, 0.05) is 38.2 Å². The van der Waals surface area contributed by atoms with Crippen molar-refractivity contribution in [3.05, 3.63) is 117 Å². The lowest BCUT2D eigenvalue weighted by atomic mass is 10.1. The van der Waals surface area contributed by atoms with Crippen LogP contribution in [0.15, 0.2) is 84.0 Å². The van der Waals surface area contributed by atoms with Gasteiger partial charge < -0.3 is 4.57 Å². The molecule has 0 aliphatic carbocycles. The van der Waals surface area contributed by atoms with Crippen LogP contribution in [0.5, 0.6) is 0 Å². The SMILES string of the molecule is Cc1cc(/C=N/NC(=O)c2ccc(CN(c3ccccc3)S(C)(=O)=O)cc2)c(C)n1-c1cc(Cl)cc(Cl)c1. The number of anilines is 1. The van der Waals surface area contributed by atoms with Crippen molar-refractivity contribution >= 4 is 51.0 Å². The number of benzene rings is 3. The van der Waals surface area contributed by atoms with Gasteiger partial charge in [-0.25, -0.2) is 13.8 Å². The molecule has 0 radical (unpaired) electrons. The minimum Gasteiger partial charge on any atom is -0.318 e. The molecule has 0 spiro atoms. The topological polar surface area (TPSA) is 83.8 Å². The fraction of sp³-hybridized carbons (Fsp3) is 0.143. The summed E-state index contributed by atoms with van der Waals surface area (Å²) in [4.78, 5) is 12.6. The highest BCUT2D eigenvalue weighted by molar-refractivity contribution is 7.92. The Hall–Kier alpha value is -3.59. The number of halogens is 2. The van der Waals surface area contributed by atoms with Crippen LogP contribution in [0.3, 0.4) is 0 Å². The van der Waals surface area contributed by atoms with Gasteiger partial charge in [-0.3, -0.25) is 9.10 Å². The fourth-order valence-corrected chi connectivity index (χ4v) is 5.53. The summed E-state index contributed by atoms with van der Waals surface area (Å²) in [5.74, 6) is -0.383. The molecule has 1 aromatic heterocycles. The molecule has 4 rings (SSSR count). The summed E-state index contributed by atoms with van der Waals surface area (Å²) >= 11 is 12.3. The summed E-state index contributed by atoms with van der Waals surface area (Å²) in [7, 11) is -3.49. The highest BCUT2D eigenvalue weighted by Crippen LogP contribution is 2.26. The highest BCUT2D eigenvalue weighted by atomic mass is 35.5. The van der Waals surface area contributed by atoms with Crippen molar-refractivity contribution in [1.82, 2.24) is 9.99 Å². The molecule has 0 aliphatic rings. The molecular weight excluding hydrogens is 543 g/mol. The molecular formula is C28H26Cl2N4O3S. The molecule has 38 heavy (non-hydrogen) atoms. The molecule has 1 amide bonds. The Morgan fingerprint density at radius 3 is 2.21 bits per heavy atom. The van der Waals surface area contributed by atoms with Gasteiger partial charge in [-0.2, -0.15) is 5.10 Å². The molecule has 7 nitrogen and oxygen atoms in total. The number of carbonyl (C=O) groups is 1. The van der Waals surface area contributed by atoms with Crippen molar-refractivity contribution < 1.29 is 13.2 Å². The third kappa shape index (κ3) is 6.45. The first-order chi connectivity index (χ1) is 18.0. The Morgan fingerprint density at radius 2 is 1.61 bits per heavy atom. The van der Waals surface area contributed by atoms with Crippen molar-refractivity contribution in [2.24, 2.45) is 5.10 Å². The minimum atomic E-state index is -3.49. The first-order valence-electron chi connectivity index (χ1n) is 11.6. The number of carbonyl (C=O) groups excluding carboxylic acids is 1. The van der Waals surface area contributed by atoms with Gasteiger partial charge in [0.1, 0.15) is 0 Å². The number of nitrogens with one attached hydrogen (secondary N) is 1. The molecule has 10 heteroatoms. The Bertz CT molecular complexity index is 1580. The lowest BCUT2D eigenvalue weighted by molar-refractivity contribution is 0.0955. The second kappa shape index (κ2) is 11.4. The Morgan fingerprint density at radius 1 is 0.974 bits per heavy atom. The van der Waals surface area contributed by atoms with Gasteiger partial charge in [-0.15, -0.1) is 0 Å². The molecule has 0 bridgehead atoms. The number of hydrogen-bond donors (Lipinski definition) is 1. The van der Waals surface area contributed by atoms with Crippen LogP contribution >= 0.6 is 23.2 Å². The highest BCUT2D eigenvalue weighted by Gasteiger charge is 2.18. The Balaban J connectivity index is 1.44. The van der Waals surface area contributed by atoms with Crippen molar-refractivity contribution in [3.8, 4) is 5.69 Å².